The molecule has 2 aliphatic carbocycles. The summed E-state index contributed by atoms with van der Waals surface area (Å²) in [6.45, 7) is 8.51. The molecule has 1 saturated carbocycles. The molecule has 0 aromatic rings. The van der Waals surface area contributed by atoms with Gasteiger partial charge in [-0.05, 0) is 62.4 Å². The van der Waals surface area contributed by atoms with E-state index in [9.17, 15) is 10.2 Å². The van der Waals surface area contributed by atoms with Crippen molar-refractivity contribution in [3.63, 3.8) is 0 Å². The van der Waals surface area contributed by atoms with Crippen molar-refractivity contribution in [2.24, 2.45) is 23.7 Å². The summed E-state index contributed by atoms with van der Waals surface area (Å²) in [5.41, 5.74) is 0.489. The van der Waals surface area contributed by atoms with E-state index in [1.54, 1.807) is 0 Å². The Bertz CT molecular complexity index is 317. The Morgan fingerprint density at radius 1 is 1.41 bits per heavy atom. The summed E-state index contributed by atoms with van der Waals surface area (Å²) < 4.78 is 0. The third-order valence-electron chi connectivity index (χ3n) is 5.06. The van der Waals surface area contributed by atoms with Gasteiger partial charge in [-0.25, -0.2) is 0 Å². The Balaban J connectivity index is 2.32. The monoisotopic (exact) mass is 238 g/mol. The van der Waals surface area contributed by atoms with Crippen LogP contribution in [0.2, 0.25) is 0 Å². The molecule has 17 heavy (non-hydrogen) atoms. The zero-order valence-electron chi connectivity index (χ0n) is 11.5. The maximum atomic E-state index is 10.5. The fraction of sp³-hybridized carbons (Fsp3) is 0.867. The van der Waals surface area contributed by atoms with Gasteiger partial charge in [0.1, 0.15) is 0 Å². The lowest BCUT2D eigenvalue weighted by Crippen LogP contribution is -2.50. The molecule has 0 spiro atoms. The third-order valence-corrected chi connectivity index (χ3v) is 5.06. The van der Waals surface area contributed by atoms with Gasteiger partial charge in [-0.2, -0.15) is 0 Å². The molecule has 0 aromatic carbocycles. The van der Waals surface area contributed by atoms with Crippen molar-refractivity contribution in [1.82, 2.24) is 0 Å². The van der Waals surface area contributed by atoms with Crippen molar-refractivity contribution in [3.05, 3.63) is 11.6 Å². The first-order valence-electron chi connectivity index (χ1n) is 6.91. The molecule has 0 amide bonds. The van der Waals surface area contributed by atoms with Crippen LogP contribution in [0.25, 0.3) is 0 Å². The predicted octanol–water partition coefficient (Wildman–Crippen LogP) is 2.75. The van der Waals surface area contributed by atoms with E-state index in [1.165, 1.54) is 0 Å². The van der Waals surface area contributed by atoms with Gasteiger partial charge in [-0.3, -0.25) is 0 Å². The lowest BCUT2D eigenvalue weighted by atomic mass is 9.58. The van der Waals surface area contributed by atoms with Crippen LogP contribution in [0, 0.1) is 23.7 Å². The minimum absolute atomic E-state index is 0.224. The second kappa shape index (κ2) is 4.40. The molecule has 2 aliphatic rings. The van der Waals surface area contributed by atoms with Crippen LogP contribution in [0.1, 0.15) is 47.0 Å². The number of allylic oxidation sites excluding steroid dienone is 1. The first-order chi connectivity index (χ1) is 7.83. The maximum Gasteiger partial charge on any atom is 0.0751 e. The van der Waals surface area contributed by atoms with E-state index in [-0.39, 0.29) is 12.0 Å². The molecule has 2 nitrogen and oxygen atoms in total. The van der Waals surface area contributed by atoms with Crippen LogP contribution in [0.15, 0.2) is 11.6 Å². The molecule has 0 heterocycles. The zero-order chi connectivity index (χ0) is 12.8. The van der Waals surface area contributed by atoms with Crippen molar-refractivity contribution in [1.29, 1.82) is 0 Å². The topological polar surface area (TPSA) is 40.5 Å². The number of hydrogen-bond acceptors (Lipinski definition) is 2. The Labute approximate surface area is 105 Å². The highest BCUT2D eigenvalue weighted by molar-refractivity contribution is 5.17. The Morgan fingerprint density at radius 3 is 2.65 bits per heavy atom. The van der Waals surface area contributed by atoms with Crippen molar-refractivity contribution in [2.75, 3.05) is 0 Å². The summed E-state index contributed by atoms with van der Waals surface area (Å²) in [5.74, 6) is 1.98. The quantitative estimate of drug-likeness (QED) is 0.690. The van der Waals surface area contributed by atoms with Crippen LogP contribution in [0.5, 0.6) is 0 Å². The smallest absolute Gasteiger partial charge is 0.0751 e. The maximum absolute atomic E-state index is 10.5. The summed E-state index contributed by atoms with van der Waals surface area (Å²) in [6, 6.07) is 0. The molecule has 2 rings (SSSR count). The molecule has 0 bridgehead atoms. The van der Waals surface area contributed by atoms with E-state index in [1.807, 2.05) is 13.8 Å². The molecule has 98 valence electrons. The van der Waals surface area contributed by atoms with Crippen LogP contribution in [0.3, 0.4) is 0 Å². The van der Waals surface area contributed by atoms with E-state index in [0.29, 0.717) is 17.8 Å². The first-order valence-corrected chi connectivity index (χ1v) is 6.91. The number of rotatable bonds is 1. The summed E-state index contributed by atoms with van der Waals surface area (Å²) in [6.07, 6.45) is 4.58. The Kier molecular flexibility index (Phi) is 3.39. The van der Waals surface area contributed by atoms with Gasteiger partial charge in [0.2, 0.25) is 0 Å². The van der Waals surface area contributed by atoms with Crippen LogP contribution in [0.4, 0.5) is 0 Å². The Hall–Kier alpha value is -0.340. The first kappa shape index (κ1) is 13.1. The van der Waals surface area contributed by atoms with Crippen molar-refractivity contribution in [2.45, 2.75) is 58.7 Å². The van der Waals surface area contributed by atoms with Gasteiger partial charge in [0.15, 0.2) is 0 Å². The predicted molar refractivity (Wildman–Crippen MR) is 69.5 cm³/mol. The van der Waals surface area contributed by atoms with Crippen molar-refractivity contribution < 1.29 is 10.2 Å². The summed E-state index contributed by atoms with van der Waals surface area (Å²) in [4.78, 5) is 0. The lowest BCUT2D eigenvalue weighted by Gasteiger charge is -2.50. The van der Waals surface area contributed by atoms with Gasteiger partial charge in [-0.1, -0.05) is 19.9 Å². The normalized spacial score (nSPS) is 46.6. The molecule has 0 aliphatic heterocycles. The summed E-state index contributed by atoms with van der Waals surface area (Å²) in [5, 5.41) is 20.5. The van der Waals surface area contributed by atoms with Gasteiger partial charge < -0.3 is 10.2 Å². The van der Waals surface area contributed by atoms with Gasteiger partial charge >= 0.3 is 0 Å². The largest absolute Gasteiger partial charge is 0.390 e. The van der Waals surface area contributed by atoms with Gasteiger partial charge in [0.05, 0.1) is 11.7 Å². The summed E-state index contributed by atoms with van der Waals surface area (Å²) in [7, 11) is 0. The second-order valence-electron chi connectivity index (χ2n) is 6.65. The molecule has 0 saturated heterocycles. The van der Waals surface area contributed by atoms with E-state index in [2.05, 4.69) is 19.9 Å². The highest BCUT2D eigenvalue weighted by Gasteiger charge is 2.47. The fourth-order valence-electron chi connectivity index (χ4n) is 3.82. The Morgan fingerprint density at radius 2 is 2.06 bits per heavy atom. The zero-order valence-corrected chi connectivity index (χ0v) is 11.5. The minimum atomic E-state index is -0.603. The minimum Gasteiger partial charge on any atom is -0.390 e. The lowest BCUT2D eigenvalue weighted by molar-refractivity contribution is -0.0927. The fourth-order valence-corrected chi connectivity index (χ4v) is 3.82. The molecule has 2 heteroatoms. The highest BCUT2D eigenvalue weighted by atomic mass is 16.3. The SMILES string of the molecule is CC1=C[C@H]2[C@H](C(C)C)CC[C@](C)(O)[C@H]2C[C@@H]1O. The van der Waals surface area contributed by atoms with Gasteiger partial charge in [0.25, 0.3) is 0 Å². The second-order valence-corrected chi connectivity index (χ2v) is 6.65. The van der Waals surface area contributed by atoms with E-state index >= 15 is 0 Å². The molecule has 0 aromatic heterocycles. The number of aliphatic hydroxyl groups is 2. The van der Waals surface area contributed by atoms with Crippen LogP contribution >= 0.6 is 0 Å². The van der Waals surface area contributed by atoms with Gasteiger partial charge in [0, 0.05) is 0 Å². The van der Waals surface area contributed by atoms with Crippen LogP contribution in [-0.4, -0.2) is 21.9 Å². The van der Waals surface area contributed by atoms with Crippen molar-refractivity contribution in [3.8, 4) is 0 Å². The molecule has 1 fully saturated rings. The highest BCUT2D eigenvalue weighted by Crippen LogP contribution is 2.49. The van der Waals surface area contributed by atoms with Crippen LogP contribution < -0.4 is 0 Å². The van der Waals surface area contributed by atoms with E-state index in [0.717, 1.165) is 24.8 Å². The van der Waals surface area contributed by atoms with E-state index < -0.39 is 5.60 Å². The number of aliphatic hydroxyl groups excluding tert-OH is 1. The van der Waals surface area contributed by atoms with Gasteiger partial charge in [-0.15, -0.1) is 0 Å². The van der Waals surface area contributed by atoms with Crippen molar-refractivity contribution >= 4 is 0 Å². The summed E-state index contributed by atoms with van der Waals surface area (Å²) >= 11 is 0. The molecule has 5 atom stereocenters. The molecular formula is C15H26O2. The van der Waals surface area contributed by atoms with E-state index in [4.69, 9.17) is 0 Å². The van der Waals surface area contributed by atoms with Crippen LogP contribution in [-0.2, 0) is 0 Å². The molecular weight excluding hydrogens is 212 g/mol. The third kappa shape index (κ3) is 2.30. The molecule has 0 radical (unpaired) electrons. The molecule has 2 N–H and O–H groups in total. The molecule has 0 unspecified atom stereocenters. The standard InChI is InChI=1S/C15H26O2/c1-9(2)11-5-6-15(4,17)13-8-14(16)10(3)7-12(11)13/h7,9,11-14,16-17H,5-6,8H2,1-4H3/t11-,12-,13-,14-,15-/m0/s1. The number of fused-ring (bicyclic) bond motifs is 1. The average molecular weight is 238 g/mol. The average Bonchev–Trinajstić information content (AvgIpc) is 2.20. The number of hydrogen-bond donors (Lipinski definition) is 2.